The van der Waals surface area contributed by atoms with E-state index in [2.05, 4.69) is 37.2 Å². The Hall–Kier alpha value is -4.70. The van der Waals surface area contributed by atoms with Crippen molar-refractivity contribution in [2.75, 3.05) is 31.3 Å². The highest BCUT2D eigenvalue weighted by Crippen LogP contribution is 2.41. The number of amides is 1. The normalized spacial score (nSPS) is 15.0. The van der Waals surface area contributed by atoms with Gasteiger partial charge in [-0.1, -0.05) is 35.9 Å². The molecule has 0 aliphatic carbocycles. The van der Waals surface area contributed by atoms with Gasteiger partial charge in [-0.25, -0.2) is 0 Å². The van der Waals surface area contributed by atoms with Crippen LogP contribution in [0.3, 0.4) is 0 Å². The molecule has 5 aromatic rings. The maximum absolute atomic E-state index is 14.7. The maximum atomic E-state index is 14.7. The molecule has 0 bridgehead atoms. The van der Waals surface area contributed by atoms with Gasteiger partial charge in [0.05, 0.1) is 5.69 Å². The number of phenols is 1. The summed E-state index contributed by atoms with van der Waals surface area (Å²) in [6, 6.07) is 24.4. The van der Waals surface area contributed by atoms with Gasteiger partial charge in [0, 0.05) is 77.2 Å². The lowest BCUT2D eigenvalue weighted by Crippen LogP contribution is -2.44. The number of hydrogen-bond acceptors (Lipinski definition) is 6. The second-order valence-electron chi connectivity index (χ2n) is 13.7. The quantitative estimate of drug-likeness (QED) is 0.132. The van der Waals surface area contributed by atoms with Crippen LogP contribution in [0, 0.1) is 13.8 Å². The standard InChI is InChI=1S/C40H47ClN6O3/c1-25-34(40(50)47(30-14-16-32(48)17-15-30)36-23-38(42)45(6)26(36)2)22-37(44(25)5)35-21-29(41)13-18-33(35)39(49)46-24-28-11-8-7-10-27(28)20-31(46)12-9-19-43(3)4/h7-8,10-11,13-18,21-23,31,40,48,50H,9,12,19-20,24,42H2,1-6H3/t31-,40?/m1/s1. The van der Waals surface area contributed by atoms with Crippen molar-refractivity contribution < 1.29 is 15.0 Å². The number of aliphatic hydroxyl groups excluding tert-OH is 1. The third-order valence-electron chi connectivity index (χ3n) is 10.3. The number of nitrogen functional groups attached to an aromatic ring is 1. The molecule has 1 aliphatic heterocycles. The van der Waals surface area contributed by atoms with Crippen LogP contribution in [0.25, 0.3) is 11.3 Å². The molecule has 0 saturated carbocycles. The number of hydrogen-bond donors (Lipinski definition) is 3. The van der Waals surface area contributed by atoms with Crippen LogP contribution >= 0.6 is 11.6 Å². The first kappa shape index (κ1) is 35.1. The lowest BCUT2D eigenvalue weighted by atomic mass is 9.90. The van der Waals surface area contributed by atoms with Gasteiger partial charge in [-0.05, 0) is 113 Å². The molecule has 4 N–H and O–H groups in total. The highest BCUT2D eigenvalue weighted by molar-refractivity contribution is 6.31. The molecule has 3 heterocycles. The van der Waals surface area contributed by atoms with E-state index in [-0.39, 0.29) is 17.7 Å². The second kappa shape index (κ2) is 14.3. The third-order valence-corrected chi connectivity index (χ3v) is 10.5. The summed E-state index contributed by atoms with van der Waals surface area (Å²) >= 11 is 6.64. The number of anilines is 3. The van der Waals surface area contributed by atoms with Crippen molar-refractivity contribution in [1.82, 2.24) is 18.9 Å². The van der Waals surface area contributed by atoms with Gasteiger partial charge in [-0.15, -0.1) is 0 Å². The van der Waals surface area contributed by atoms with Gasteiger partial charge >= 0.3 is 0 Å². The fraction of sp³-hybridized carbons (Fsp3) is 0.325. The molecule has 1 aliphatic rings. The van der Waals surface area contributed by atoms with Crippen molar-refractivity contribution in [3.8, 4) is 17.0 Å². The van der Waals surface area contributed by atoms with E-state index in [9.17, 15) is 15.0 Å². The van der Waals surface area contributed by atoms with Crippen molar-refractivity contribution in [2.45, 2.75) is 51.9 Å². The van der Waals surface area contributed by atoms with E-state index < -0.39 is 6.23 Å². The van der Waals surface area contributed by atoms with Crippen LogP contribution in [0.2, 0.25) is 5.02 Å². The van der Waals surface area contributed by atoms with E-state index >= 15 is 0 Å². The number of rotatable bonds is 10. The summed E-state index contributed by atoms with van der Waals surface area (Å²) in [6.07, 6.45) is 1.57. The summed E-state index contributed by atoms with van der Waals surface area (Å²) in [5.74, 6) is 0.644. The van der Waals surface area contributed by atoms with Crippen LogP contribution in [0.1, 0.15) is 57.5 Å². The number of aliphatic hydroxyl groups is 1. The smallest absolute Gasteiger partial charge is 0.255 e. The van der Waals surface area contributed by atoms with Gasteiger partial charge in [-0.3, -0.25) is 4.79 Å². The summed E-state index contributed by atoms with van der Waals surface area (Å²) in [6.45, 7) is 5.40. The number of phenolic OH excluding ortho intramolecular Hbond substituents is 1. The third kappa shape index (κ3) is 6.73. The number of aromatic hydroxyl groups is 1. The van der Waals surface area contributed by atoms with E-state index in [1.165, 1.54) is 11.1 Å². The monoisotopic (exact) mass is 694 g/mol. The van der Waals surface area contributed by atoms with Gasteiger partial charge in [0.2, 0.25) is 0 Å². The molecular formula is C40H47ClN6O3. The molecule has 0 fully saturated rings. The molecule has 0 saturated heterocycles. The lowest BCUT2D eigenvalue weighted by molar-refractivity contribution is 0.0625. The summed E-state index contributed by atoms with van der Waals surface area (Å²) < 4.78 is 3.87. The molecule has 262 valence electrons. The lowest BCUT2D eigenvalue weighted by Gasteiger charge is -2.38. The van der Waals surface area contributed by atoms with Gasteiger partial charge < -0.3 is 39.8 Å². The van der Waals surface area contributed by atoms with Gasteiger partial charge in [0.15, 0.2) is 6.23 Å². The number of aromatic nitrogens is 2. The SMILES string of the molecule is Cc1c(N(c2ccc(O)cc2)C(O)c2cc(-c3cc(Cl)ccc3C(=O)N3Cc4ccccc4C[C@H]3CCCN(C)C)n(C)c2C)cc(N)n1C. The number of nitrogens with two attached hydrogens (primary N) is 1. The zero-order valence-electron chi connectivity index (χ0n) is 29.7. The molecule has 0 spiro atoms. The summed E-state index contributed by atoms with van der Waals surface area (Å²) in [5.41, 5.74) is 14.6. The van der Waals surface area contributed by atoms with E-state index in [1.54, 1.807) is 30.3 Å². The molecule has 6 rings (SSSR count). The number of nitrogens with zero attached hydrogens (tertiary/aromatic N) is 5. The summed E-state index contributed by atoms with van der Waals surface area (Å²) in [4.78, 5) is 20.7. The minimum Gasteiger partial charge on any atom is -0.508 e. The average molecular weight is 695 g/mol. The Bertz CT molecular complexity index is 2010. The first-order valence-corrected chi connectivity index (χ1v) is 17.4. The number of benzene rings is 3. The molecular weight excluding hydrogens is 648 g/mol. The Morgan fingerprint density at radius 3 is 2.32 bits per heavy atom. The minimum atomic E-state index is -1.13. The first-order chi connectivity index (χ1) is 23.8. The fourth-order valence-electron chi connectivity index (χ4n) is 7.15. The first-order valence-electron chi connectivity index (χ1n) is 17.0. The number of fused-ring (bicyclic) bond motifs is 1. The van der Waals surface area contributed by atoms with Crippen molar-refractivity contribution >= 4 is 34.7 Å². The largest absolute Gasteiger partial charge is 0.508 e. The Labute approximate surface area is 299 Å². The van der Waals surface area contributed by atoms with Crippen LogP contribution in [-0.2, 0) is 27.1 Å². The van der Waals surface area contributed by atoms with E-state index in [0.717, 1.165) is 48.6 Å². The molecule has 9 nitrogen and oxygen atoms in total. The van der Waals surface area contributed by atoms with Crippen molar-refractivity contribution in [3.63, 3.8) is 0 Å². The highest BCUT2D eigenvalue weighted by Gasteiger charge is 2.33. The average Bonchev–Trinajstić information content (AvgIpc) is 3.53. The second-order valence-corrected chi connectivity index (χ2v) is 14.1. The molecule has 2 aromatic heterocycles. The van der Waals surface area contributed by atoms with Gasteiger partial charge in [0.25, 0.3) is 5.91 Å². The number of carbonyl (C=O) groups excluding carboxylic acids is 1. The molecule has 2 atom stereocenters. The zero-order valence-corrected chi connectivity index (χ0v) is 30.4. The van der Waals surface area contributed by atoms with Crippen LogP contribution < -0.4 is 10.6 Å². The topological polar surface area (TPSA) is 103 Å². The Balaban J connectivity index is 1.41. The molecule has 10 heteroatoms. The van der Waals surface area contributed by atoms with Crippen LogP contribution in [0.5, 0.6) is 5.75 Å². The van der Waals surface area contributed by atoms with E-state index in [1.807, 2.05) is 77.2 Å². The summed E-state index contributed by atoms with van der Waals surface area (Å²) in [7, 11) is 7.97. The number of halogens is 1. The van der Waals surface area contributed by atoms with E-state index in [0.29, 0.717) is 39.8 Å². The minimum absolute atomic E-state index is 0.0388. The highest BCUT2D eigenvalue weighted by atomic mass is 35.5. The zero-order chi connectivity index (χ0) is 35.9. The molecule has 0 radical (unpaired) electrons. The van der Waals surface area contributed by atoms with Crippen LogP contribution in [0.4, 0.5) is 17.2 Å². The van der Waals surface area contributed by atoms with Gasteiger partial charge in [-0.2, -0.15) is 0 Å². The van der Waals surface area contributed by atoms with Crippen LogP contribution in [0.15, 0.2) is 78.9 Å². The van der Waals surface area contributed by atoms with Crippen molar-refractivity contribution in [1.29, 1.82) is 0 Å². The number of carbonyl (C=O) groups is 1. The Morgan fingerprint density at radius 1 is 0.960 bits per heavy atom. The predicted octanol–water partition coefficient (Wildman–Crippen LogP) is 7.33. The van der Waals surface area contributed by atoms with E-state index in [4.69, 9.17) is 17.3 Å². The van der Waals surface area contributed by atoms with Gasteiger partial charge in [0.1, 0.15) is 11.6 Å². The maximum Gasteiger partial charge on any atom is 0.255 e. The predicted molar refractivity (Wildman–Crippen MR) is 202 cm³/mol. The molecule has 1 unspecified atom stereocenters. The van der Waals surface area contributed by atoms with Crippen molar-refractivity contribution in [3.05, 3.63) is 118 Å². The summed E-state index contributed by atoms with van der Waals surface area (Å²) in [5, 5.41) is 22.8. The molecule has 3 aromatic carbocycles. The fourth-order valence-corrected chi connectivity index (χ4v) is 7.33. The molecule has 50 heavy (non-hydrogen) atoms. The Morgan fingerprint density at radius 2 is 1.66 bits per heavy atom. The van der Waals surface area contributed by atoms with Crippen molar-refractivity contribution in [2.24, 2.45) is 14.1 Å². The molecule has 1 amide bonds. The Kier molecular flexibility index (Phi) is 10.0. The van der Waals surface area contributed by atoms with Crippen LogP contribution in [-0.4, -0.2) is 61.7 Å².